The highest BCUT2D eigenvalue weighted by Gasteiger charge is 2.36. The molecule has 1 aliphatic heterocycles. The van der Waals surface area contributed by atoms with Gasteiger partial charge >= 0.3 is 5.97 Å². The van der Waals surface area contributed by atoms with Crippen LogP contribution in [0.15, 0.2) is 97.1 Å². The molecule has 4 aromatic carbocycles. The number of nitrogens with one attached hydrogen (secondary N) is 1. The molecule has 0 atom stereocenters. The van der Waals surface area contributed by atoms with E-state index >= 15 is 0 Å². The summed E-state index contributed by atoms with van der Waals surface area (Å²) in [6, 6.07) is 26.9. The molecule has 1 aliphatic rings. The minimum absolute atomic E-state index is 0.0541. The van der Waals surface area contributed by atoms with Crippen molar-refractivity contribution in [2.45, 2.75) is 6.54 Å². The average molecular weight is 541 g/mol. The van der Waals surface area contributed by atoms with Gasteiger partial charge in [0.2, 0.25) is 0 Å². The Balaban J connectivity index is 1.16. The zero-order valence-electron chi connectivity index (χ0n) is 20.4. The third kappa shape index (κ3) is 5.97. The largest absolute Gasteiger partial charge is 0.457 e. The molecule has 0 saturated heterocycles. The lowest BCUT2D eigenvalue weighted by Gasteiger charge is -2.13. The van der Waals surface area contributed by atoms with E-state index in [1.165, 1.54) is 18.2 Å². The number of esters is 1. The van der Waals surface area contributed by atoms with Gasteiger partial charge < -0.3 is 14.8 Å². The Morgan fingerprint density at radius 1 is 0.769 bits per heavy atom. The van der Waals surface area contributed by atoms with E-state index in [9.17, 15) is 19.2 Å². The van der Waals surface area contributed by atoms with Crippen LogP contribution in [-0.2, 0) is 16.1 Å². The van der Waals surface area contributed by atoms with Crippen molar-refractivity contribution in [2.24, 2.45) is 0 Å². The first-order valence-electron chi connectivity index (χ1n) is 11.9. The second-order valence-corrected chi connectivity index (χ2v) is 9.08. The molecule has 4 aromatic rings. The lowest BCUT2D eigenvalue weighted by Crippen LogP contribution is -2.29. The number of ether oxygens (including phenoxy) is 2. The highest BCUT2D eigenvalue weighted by Crippen LogP contribution is 2.27. The highest BCUT2D eigenvalue weighted by atomic mass is 35.5. The van der Waals surface area contributed by atoms with Gasteiger partial charge in [-0.05, 0) is 72.3 Å². The Bertz CT molecular complexity index is 1550. The predicted octanol–water partition coefficient (Wildman–Crippen LogP) is 5.72. The third-order valence-corrected chi connectivity index (χ3v) is 6.16. The minimum atomic E-state index is -0.795. The quantitative estimate of drug-likeness (QED) is 0.226. The maximum Gasteiger partial charge on any atom is 0.338 e. The van der Waals surface area contributed by atoms with E-state index < -0.39 is 30.3 Å². The van der Waals surface area contributed by atoms with Crippen LogP contribution in [0.5, 0.6) is 11.5 Å². The normalized spacial score (nSPS) is 12.2. The fraction of sp³-hybridized carbons (Fsp3) is 0.0667. The van der Waals surface area contributed by atoms with Gasteiger partial charge in [0.05, 0.1) is 23.2 Å². The molecule has 0 fully saturated rings. The van der Waals surface area contributed by atoms with Gasteiger partial charge in [-0.2, -0.15) is 0 Å². The Morgan fingerprint density at radius 3 is 2.15 bits per heavy atom. The van der Waals surface area contributed by atoms with Crippen molar-refractivity contribution in [3.05, 3.63) is 124 Å². The fourth-order valence-electron chi connectivity index (χ4n) is 3.98. The molecule has 1 N–H and O–H groups in total. The molecule has 0 aromatic heterocycles. The van der Waals surface area contributed by atoms with Crippen molar-refractivity contribution in [1.82, 2.24) is 4.90 Å². The zero-order chi connectivity index (χ0) is 27.4. The summed E-state index contributed by atoms with van der Waals surface area (Å²) in [5.74, 6) is -1.02. The van der Waals surface area contributed by atoms with Crippen molar-refractivity contribution in [2.75, 3.05) is 11.9 Å². The van der Waals surface area contributed by atoms with E-state index in [0.29, 0.717) is 22.2 Å². The molecule has 5 rings (SSSR count). The number of halogens is 1. The number of amides is 3. The van der Waals surface area contributed by atoms with Gasteiger partial charge in [-0.15, -0.1) is 0 Å². The van der Waals surface area contributed by atoms with Gasteiger partial charge in [0.1, 0.15) is 11.5 Å². The number of para-hydroxylation sites is 1. The molecule has 3 amide bonds. The third-order valence-electron chi connectivity index (χ3n) is 5.91. The van der Waals surface area contributed by atoms with Gasteiger partial charge in [-0.3, -0.25) is 19.3 Å². The van der Waals surface area contributed by atoms with E-state index in [0.717, 1.165) is 10.5 Å². The van der Waals surface area contributed by atoms with Crippen molar-refractivity contribution in [3.8, 4) is 11.5 Å². The summed E-state index contributed by atoms with van der Waals surface area (Å²) in [6.45, 7) is -0.462. The second kappa shape index (κ2) is 11.2. The molecular formula is C30H21ClN2O6. The molecule has 0 radical (unpaired) electrons. The van der Waals surface area contributed by atoms with Crippen LogP contribution in [0.2, 0.25) is 5.02 Å². The topological polar surface area (TPSA) is 102 Å². The van der Waals surface area contributed by atoms with E-state index in [4.69, 9.17) is 21.1 Å². The summed E-state index contributed by atoms with van der Waals surface area (Å²) >= 11 is 5.90. The summed E-state index contributed by atoms with van der Waals surface area (Å²) < 4.78 is 10.8. The van der Waals surface area contributed by atoms with Crippen molar-refractivity contribution < 1.29 is 28.7 Å². The lowest BCUT2D eigenvalue weighted by molar-refractivity contribution is -0.119. The zero-order valence-corrected chi connectivity index (χ0v) is 21.2. The van der Waals surface area contributed by atoms with Crippen molar-refractivity contribution in [1.29, 1.82) is 0 Å². The molecule has 0 bridgehead atoms. The van der Waals surface area contributed by atoms with Crippen molar-refractivity contribution in [3.63, 3.8) is 0 Å². The van der Waals surface area contributed by atoms with Gasteiger partial charge in [-0.1, -0.05) is 41.9 Å². The van der Waals surface area contributed by atoms with Crippen LogP contribution >= 0.6 is 11.6 Å². The summed E-state index contributed by atoms with van der Waals surface area (Å²) in [5, 5.41) is 3.19. The molecular weight excluding hydrogens is 520 g/mol. The molecule has 8 nitrogen and oxygen atoms in total. The second-order valence-electron chi connectivity index (χ2n) is 8.65. The van der Waals surface area contributed by atoms with Crippen LogP contribution in [0.1, 0.15) is 36.6 Å². The number of imide groups is 1. The standard InChI is InChI=1S/C30H21ClN2O6/c31-21-9-6-19(7-10-21)17-33-28(35)25-15-8-20(16-26(25)29(33)36)30(37)38-18-27(34)32-22-11-13-24(14-12-22)39-23-4-2-1-3-5-23/h1-16H,17-18H2,(H,32,34). The van der Waals surface area contributed by atoms with Crippen LogP contribution in [0.25, 0.3) is 0 Å². The first kappa shape index (κ1) is 25.7. The first-order valence-corrected chi connectivity index (χ1v) is 12.3. The van der Waals surface area contributed by atoms with Crippen LogP contribution in [0.4, 0.5) is 5.69 Å². The molecule has 0 unspecified atom stereocenters. The first-order chi connectivity index (χ1) is 18.9. The van der Waals surface area contributed by atoms with E-state index in [1.807, 2.05) is 30.3 Å². The summed E-state index contributed by atoms with van der Waals surface area (Å²) in [4.78, 5) is 51.7. The summed E-state index contributed by atoms with van der Waals surface area (Å²) in [6.07, 6.45) is 0. The van der Waals surface area contributed by atoms with Gasteiger partial charge in [0.25, 0.3) is 17.7 Å². The number of anilines is 1. The monoisotopic (exact) mass is 540 g/mol. The molecule has 9 heteroatoms. The molecule has 0 saturated carbocycles. The number of hydrogen-bond acceptors (Lipinski definition) is 6. The lowest BCUT2D eigenvalue weighted by atomic mass is 10.1. The van der Waals surface area contributed by atoms with E-state index in [1.54, 1.807) is 48.5 Å². The molecule has 0 spiro atoms. The number of rotatable bonds is 8. The number of benzene rings is 4. The van der Waals surface area contributed by atoms with Gasteiger partial charge in [-0.25, -0.2) is 4.79 Å². The average Bonchev–Trinajstić information content (AvgIpc) is 3.18. The SMILES string of the molecule is O=C(COC(=O)c1ccc2c(c1)C(=O)N(Cc1ccc(Cl)cc1)C2=O)Nc1ccc(Oc2ccccc2)cc1. The smallest absolute Gasteiger partial charge is 0.338 e. The molecule has 194 valence electrons. The van der Waals surface area contributed by atoms with Crippen molar-refractivity contribution >= 4 is 41.0 Å². The van der Waals surface area contributed by atoms with E-state index in [-0.39, 0.29) is 23.2 Å². The molecule has 1 heterocycles. The Labute approximate surface area is 228 Å². The summed E-state index contributed by atoms with van der Waals surface area (Å²) in [7, 11) is 0. The van der Waals surface area contributed by atoms with Gasteiger partial charge in [0.15, 0.2) is 6.61 Å². The fourth-order valence-corrected chi connectivity index (χ4v) is 4.10. The molecule has 0 aliphatic carbocycles. The number of fused-ring (bicyclic) bond motifs is 1. The Kier molecular flexibility index (Phi) is 7.38. The van der Waals surface area contributed by atoms with Crippen LogP contribution in [-0.4, -0.2) is 35.2 Å². The number of nitrogens with zero attached hydrogens (tertiary/aromatic N) is 1. The Morgan fingerprint density at radius 2 is 1.44 bits per heavy atom. The van der Waals surface area contributed by atoms with Gasteiger partial charge in [0, 0.05) is 10.7 Å². The van der Waals surface area contributed by atoms with E-state index in [2.05, 4.69) is 5.32 Å². The van der Waals surface area contributed by atoms with Crippen LogP contribution in [0.3, 0.4) is 0 Å². The number of carbonyl (C=O) groups is 4. The highest BCUT2D eigenvalue weighted by molar-refractivity contribution is 6.30. The maximum atomic E-state index is 12.9. The summed E-state index contributed by atoms with van der Waals surface area (Å²) in [5.41, 5.74) is 1.59. The molecule has 39 heavy (non-hydrogen) atoms. The number of hydrogen-bond donors (Lipinski definition) is 1. The minimum Gasteiger partial charge on any atom is -0.457 e. The van der Waals surface area contributed by atoms with Crippen LogP contribution < -0.4 is 10.1 Å². The Hall–Kier alpha value is -4.95. The number of carbonyl (C=O) groups excluding carboxylic acids is 4. The predicted molar refractivity (Wildman–Crippen MR) is 144 cm³/mol. The maximum absolute atomic E-state index is 12.9. The van der Waals surface area contributed by atoms with Crippen LogP contribution in [0, 0.1) is 0 Å².